The molecule has 1 aromatic rings. The highest BCUT2D eigenvalue weighted by Gasteiger charge is 2.30. The molecule has 0 aliphatic rings. The van der Waals surface area contributed by atoms with E-state index in [1.807, 2.05) is 13.8 Å². The standard InChI is InChI=1S/C14H27N3O2/c1-6-14(4,18-5)12-16-11(19-17-12)7-8-13(2,3)9-10-15/h6-10,15H2,1-5H3. The lowest BCUT2D eigenvalue weighted by Gasteiger charge is -2.23. The van der Waals surface area contributed by atoms with E-state index in [2.05, 4.69) is 24.0 Å². The van der Waals surface area contributed by atoms with Gasteiger partial charge in [-0.2, -0.15) is 4.98 Å². The number of nitrogens with two attached hydrogens (primary N) is 1. The predicted molar refractivity (Wildman–Crippen MR) is 74.7 cm³/mol. The lowest BCUT2D eigenvalue weighted by Crippen LogP contribution is -2.24. The molecule has 19 heavy (non-hydrogen) atoms. The van der Waals surface area contributed by atoms with Crippen LogP contribution in [0.25, 0.3) is 0 Å². The van der Waals surface area contributed by atoms with E-state index in [0.717, 1.165) is 25.7 Å². The van der Waals surface area contributed by atoms with Crippen LogP contribution in [-0.4, -0.2) is 23.8 Å². The predicted octanol–water partition coefficient (Wildman–Crippen LogP) is 2.65. The summed E-state index contributed by atoms with van der Waals surface area (Å²) in [5.41, 5.74) is 5.36. The summed E-state index contributed by atoms with van der Waals surface area (Å²) in [5, 5.41) is 4.04. The average Bonchev–Trinajstić information content (AvgIpc) is 2.85. The van der Waals surface area contributed by atoms with E-state index >= 15 is 0 Å². The Morgan fingerprint density at radius 3 is 2.47 bits per heavy atom. The fourth-order valence-corrected chi connectivity index (χ4v) is 1.93. The summed E-state index contributed by atoms with van der Waals surface area (Å²) in [7, 11) is 1.67. The first kappa shape index (κ1) is 16.1. The maximum absolute atomic E-state index is 5.61. The van der Waals surface area contributed by atoms with Gasteiger partial charge in [0.2, 0.25) is 11.7 Å². The number of methoxy groups -OCH3 is 1. The maximum atomic E-state index is 5.61. The van der Waals surface area contributed by atoms with Crippen LogP contribution in [0.4, 0.5) is 0 Å². The molecule has 0 bridgehead atoms. The van der Waals surface area contributed by atoms with Crippen molar-refractivity contribution in [3.8, 4) is 0 Å². The molecule has 0 aliphatic carbocycles. The number of rotatable bonds is 8. The Kier molecular flexibility index (Phi) is 5.50. The van der Waals surface area contributed by atoms with Gasteiger partial charge in [0.05, 0.1) is 0 Å². The number of hydrogen-bond donors (Lipinski definition) is 1. The molecule has 0 saturated carbocycles. The molecule has 0 amide bonds. The zero-order valence-corrected chi connectivity index (χ0v) is 12.8. The summed E-state index contributed by atoms with van der Waals surface area (Å²) < 4.78 is 10.8. The largest absolute Gasteiger partial charge is 0.370 e. The molecule has 1 heterocycles. The molecule has 1 atom stereocenters. The molecule has 0 aliphatic heterocycles. The van der Waals surface area contributed by atoms with Crippen LogP contribution in [0.15, 0.2) is 4.52 Å². The van der Waals surface area contributed by atoms with E-state index < -0.39 is 5.60 Å². The van der Waals surface area contributed by atoms with Crippen molar-refractivity contribution in [2.75, 3.05) is 13.7 Å². The molecule has 1 aromatic heterocycles. The minimum Gasteiger partial charge on any atom is -0.370 e. The monoisotopic (exact) mass is 269 g/mol. The smallest absolute Gasteiger partial charge is 0.226 e. The lowest BCUT2D eigenvalue weighted by atomic mass is 9.84. The van der Waals surface area contributed by atoms with Crippen LogP contribution in [0.3, 0.4) is 0 Å². The second kappa shape index (κ2) is 6.48. The van der Waals surface area contributed by atoms with Gasteiger partial charge in [-0.3, -0.25) is 0 Å². The van der Waals surface area contributed by atoms with Crippen molar-refractivity contribution in [2.45, 2.75) is 59.0 Å². The Bertz CT molecular complexity index is 384. The summed E-state index contributed by atoms with van der Waals surface area (Å²) in [6, 6.07) is 0. The molecular weight excluding hydrogens is 242 g/mol. The summed E-state index contributed by atoms with van der Waals surface area (Å²) in [6.07, 6.45) is 3.57. The molecule has 0 fully saturated rings. The van der Waals surface area contributed by atoms with Crippen molar-refractivity contribution in [2.24, 2.45) is 11.1 Å². The fraction of sp³-hybridized carbons (Fsp3) is 0.857. The van der Waals surface area contributed by atoms with Crippen LogP contribution >= 0.6 is 0 Å². The molecule has 5 nitrogen and oxygen atoms in total. The van der Waals surface area contributed by atoms with E-state index in [9.17, 15) is 0 Å². The highest BCUT2D eigenvalue weighted by atomic mass is 16.5. The van der Waals surface area contributed by atoms with E-state index in [4.69, 9.17) is 15.0 Å². The number of hydrogen-bond acceptors (Lipinski definition) is 5. The van der Waals surface area contributed by atoms with Gasteiger partial charge in [-0.1, -0.05) is 25.9 Å². The van der Waals surface area contributed by atoms with Gasteiger partial charge < -0.3 is 15.0 Å². The Morgan fingerprint density at radius 2 is 1.95 bits per heavy atom. The second-order valence-corrected chi connectivity index (χ2v) is 6.00. The Morgan fingerprint density at radius 1 is 1.26 bits per heavy atom. The highest BCUT2D eigenvalue weighted by molar-refractivity contribution is 4.99. The van der Waals surface area contributed by atoms with Gasteiger partial charge in [0.1, 0.15) is 5.60 Å². The zero-order chi connectivity index (χ0) is 14.5. The minimum absolute atomic E-state index is 0.207. The first-order valence-corrected chi connectivity index (χ1v) is 6.95. The second-order valence-electron chi connectivity index (χ2n) is 6.00. The average molecular weight is 269 g/mol. The van der Waals surface area contributed by atoms with Gasteiger partial charge in [0.25, 0.3) is 0 Å². The molecule has 5 heteroatoms. The SMILES string of the molecule is CCC(C)(OC)c1noc(CCC(C)(C)CCN)n1. The third-order valence-electron chi connectivity index (χ3n) is 3.90. The van der Waals surface area contributed by atoms with Crippen molar-refractivity contribution in [3.63, 3.8) is 0 Å². The molecule has 1 unspecified atom stereocenters. The fourth-order valence-electron chi connectivity index (χ4n) is 1.93. The van der Waals surface area contributed by atoms with Crippen LogP contribution in [0, 0.1) is 5.41 Å². The summed E-state index contributed by atoms with van der Waals surface area (Å²) >= 11 is 0. The van der Waals surface area contributed by atoms with E-state index in [0.29, 0.717) is 18.3 Å². The normalized spacial score (nSPS) is 15.5. The van der Waals surface area contributed by atoms with Crippen LogP contribution in [0.1, 0.15) is 58.7 Å². The van der Waals surface area contributed by atoms with E-state index in [-0.39, 0.29) is 5.41 Å². The van der Waals surface area contributed by atoms with Crippen molar-refractivity contribution >= 4 is 0 Å². The zero-order valence-electron chi connectivity index (χ0n) is 12.8. The van der Waals surface area contributed by atoms with Gasteiger partial charge in [-0.15, -0.1) is 0 Å². The first-order valence-electron chi connectivity index (χ1n) is 6.95. The van der Waals surface area contributed by atoms with Gasteiger partial charge in [-0.25, -0.2) is 0 Å². The molecule has 1 rings (SSSR count). The summed E-state index contributed by atoms with van der Waals surface area (Å²) in [6.45, 7) is 9.15. The maximum Gasteiger partial charge on any atom is 0.226 e. The van der Waals surface area contributed by atoms with Gasteiger partial charge in [-0.05, 0) is 38.1 Å². The molecular formula is C14H27N3O2. The molecule has 110 valence electrons. The van der Waals surface area contributed by atoms with Crippen molar-refractivity contribution in [1.82, 2.24) is 10.1 Å². The lowest BCUT2D eigenvalue weighted by molar-refractivity contribution is -0.0106. The minimum atomic E-state index is -0.464. The Hall–Kier alpha value is -0.940. The number of nitrogens with zero attached hydrogens (tertiary/aromatic N) is 2. The summed E-state index contributed by atoms with van der Waals surface area (Å²) in [4.78, 5) is 4.45. The Labute approximate surface area is 115 Å². The van der Waals surface area contributed by atoms with Gasteiger partial charge in [0.15, 0.2) is 0 Å². The first-order chi connectivity index (χ1) is 8.87. The molecule has 2 N–H and O–H groups in total. The van der Waals surface area contributed by atoms with Crippen molar-refractivity contribution < 1.29 is 9.26 Å². The van der Waals surface area contributed by atoms with Crippen molar-refractivity contribution in [3.05, 3.63) is 11.7 Å². The van der Waals surface area contributed by atoms with Crippen LogP contribution < -0.4 is 5.73 Å². The van der Waals surface area contributed by atoms with Crippen molar-refractivity contribution in [1.29, 1.82) is 0 Å². The number of aryl methyl sites for hydroxylation is 1. The number of aromatic nitrogens is 2. The quantitative estimate of drug-likeness (QED) is 0.785. The van der Waals surface area contributed by atoms with E-state index in [1.165, 1.54) is 0 Å². The van der Waals surface area contributed by atoms with Crippen LogP contribution in [0.2, 0.25) is 0 Å². The third kappa shape index (κ3) is 4.28. The van der Waals surface area contributed by atoms with Crippen LogP contribution in [-0.2, 0) is 16.8 Å². The van der Waals surface area contributed by atoms with Gasteiger partial charge >= 0.3 is 0 Å². The molecule has 0 saturated heterocycles. The third-order valence-corrected chi connectivity index (χ3v) is 3.90. The van der Waals surface area contributed by atoms with Crippen LogP contribution in [0.5, 0.6) is 0 Å². The topological polar surface area (TPSA) is 74.2 Å². The van der Waals surface area contributed by atoms with Gasteiger partial charge in [0, 0.05) is 13.5 Å². The molecule has 0 aromatic carbocycles. The van der Waals surface area contributed by atoms with E-state index in [1.54, 1.807) is 7.11 Å². The number of ether oxygens (including phenoxy) is 1. The Balaban J connectivity index is 2.66. The highest BCUT2D eigenvalue weighted by Crippen LogP contribution is 2.28. The molecule has 0 radical (unpaired) electrons. The molecule has 0 spiro atoms. The summed E-state index contributed by atoms with van der Waals surface area (Å²) in [5.74, 6) is 1.31.